The van der Waals surface area contributed by atoms with Gasteiger partial charge in [-0.25, -0.2) is 8.42 Å². The van der Waals surface area contributed by atoms with Crippen LogP contribution < -0.4 is 5.32 Å². The van der Waals surface area contributed by atoms with E-state index in [1.807, 2.05) is 6.07 Å². The van der Waals surface area contributed by atoms with Crippen LogP contribution >= 0.6 is 0 Å². The van der Waals surface area contributed by atoms with Crippen molar-refractivity contribution in [1.82, 2.24) is 9.46 Å². The normalized spacial score (nSPS) is 18.0. The summed E-state index contributed by atoms with van der Waals surface area (Å²) in [7, 11) is -3.78. The first kappa shape index (κ1) is 19.1. The fourth-order valence-electron chi connectivity index (χ4n) is 3.26. The van der Waals surface area contributed by atoms with Crippen molar-refractivity contribution in [3.8, 4) is 6.07 Å². The number of nitrogens with zero attached hydrogens (tertiary/aromatic N) is 3. The molecule has 1 aliphatic heterocycles. The lowest BCUT2D eigenvalue weighted by atomic mass is 9.98. The van der Waals surface area contributed by atoms with Crippen molar-refractivity contribution < 1.29 is 17.7 Å². The highest BCUT2D eigenvalue weighted by Crippen LogP contribution is 2.28. The smallest absolute Gasteiger partial charge is 0.248 e. The Bertz CT molecular complexity index is 987. The van der Waals surface area contributed by atoms with E-state index in [1.54, 1.807) is 38.1 Å². The predicted molar refractivity (Wildman–Crippen MR) is 97.2 cm³/mol. The van der Waals surface area contributed by atoms with Gasteiger partial charge in [-0.3, -0.25) is 4.79 Å². The first-order valence-electron chi connectivity index (χ1n) is 8.57. The van der Waals surface area contributed by atoms with E-state index in [9.17, 15) is 13.2 Å². The number of carbonyl (C=O) groups is 1. The highest BCUT2D eigenvalue weighted by Gasteiger charge is 2.36. The van der Waals surface area contributed by atoms with Crippen molar-refractivity contribution >= 4 is 21.6 Å². The standard InChI is InChI=1S/C18H20N4O4S/c1-12-17(13(2)26-21-12)27(24,25)22-8-4-6-15(11-22)18(23)20-16-7-3-5-14(9-16)10-19/h3,5,7,9,15H,4,6,8,11H2,1-2H3,(H,20,23). The van der Waals surface area contributed by atoms with E-state index in [4.69, 9.17) is 9.78 Å². The summed E-state index contributed by atoms with van der Waals surface area (Å²) in [6.45, 7) is 3.58. The Balaban J connectivity index is 1.76. The number of hydrogen-bond donors (Lipinski definition) is 1. The number of rotatable bonds is 4. The highest BCUT2D eigenvalue weighted by atomic mass is 32.2. The van der Waals surface area contributed by atoms with Crippen molar-refractivity contribution in [2.45, 2.75) is 31.6 Å². The number of aryl methyl sites for hydroxylation is 2. The number of piperidine rings is 1. The van der Waals surface area contributed by atoms with Gasteiger partial charge in [0.15, 0.2) is 5.76 Å². The Labute approximate surface area is 157 Å². The molecule has 0 radical (unpaired) electrons. The quantitative estimate of drug-likeness (QED) is 0.858. The molecule has 1 aliphatic rings. The summed E-state index contributed by atoms with van der Waals surface area (Å²) in [4.78, 5) is 12.7. The van der Waals surface area contributed by atoms with Gasteiger partial charge in [-0.1, -0.05) is 11.2 Å². The summed E-state index contributed by atoms with van der Waals surface area (Å²) in [6.07, 6.45) is 1.18. The number of anilines is 1. The molecular formula is C18H20N4O4S. The number of sulfonamides is 1. The zero-order chi connectivity index (χ0) is 19.6. The van der Waals surface area contributed by atoms with E-state index in [1.165, 1.54) is 4.31 Å². The second kappa shape index (κ2) is 7.50. The third-order valence-corrected chi connectivity index (χ3v) is 6.69. The van der Waals surface area contributed by atoms with Crippen molar-refractivity contribution in [3.05, 3.63) is 41.3 Å². The number of amides is 1. The SMILES string of the molecule is Cc1noc(C)c1S(=O)(=O)N1CCCC(C(=O)Nc2cccc(C#N)c2)C1. The summed E-state index contributed by atoms with van der Waals surface area (Å²) in [6, 6.07) is 8.63. The minimum atomic E-state index is -3.78. The van der Waals surface area contributed by atoms with Gasteiger partial charge < -0.3 is 9.84 Å². The summed E-state index contributed by atoms with van der Waals surface area (Å²) >= 11 is 0. The van der Waals surface area contributed by atoms with Gasteiger partial charge in [0.1, 0.15) is 10.6 Å². The largest absolute Gasteiger partial charge is 0.360 e. The Morgan fingerprint density at radius 2 is 2.19 bits per heavy atom. The average molecular weight is 388 g/mol. The monoisotopic (exact) mass is 388 g/mol. The second-order valence-corrected chi connectivity index (χ2v) is 8.41. The Morgan fingerprint density at radius 1 is 1.41 bits per heavy atom. The van der Waals surface area contributed by atoms with Gasteiger partial charge in [-0.2, -0.15) is 9.57 Å². The van der Waals surface area contributed by atoms with Crippen molar-refractivity contribution in [2.24, 2.45) is 5.92 Å². The molecule has 1 unspecified atom stereocenters. The fourth-order valence-corrected chi connectivity index (χ4v) is 5.07. The summed E-state index contributed by atoms with van der Waals surface area (Å²) in [5.74, 6) is -0.490. The number of nitriles is 1. The van der Waals surface area contributed by atoms with Gasteiger partial charge in [0.25, 0.3) is 0 Å². The molecule has 0 aliphatic carbocycles. The van der Waals surface area contributed by atoms with E-state index in [2.05, 4.69) is 10.5 Å². The molecule has 1 N–H and O–H groups in total. The number of nitrogens with one attached hydrogen (secondary N) is 1. The van der Waals surface area contributed by atoms with Crippen LogP contribution in [-0.4, -0.2) is 36.9 Å². The highest BCUT2D eigenvalue weighted by molar-refractivity contribution is 7.89. The van der Waals surface area contributed by atoms with Crippen LogP contribution in [0.15, 0.2) is 33.7 Å². The van der Waals surface area contributed by atoms with E-state index in [-0.39, 0.29) is 23.1 Å². The minimum Gasteiger partial charge on any atom is -0.360 e. The number of benzene rings is 1. The molecule has 9 heteroatoms. The maximum Gasteiger partial charge on any atom is 0.248 e. The maximum atomic E-state index is 13.0. The molecule has 3 rings (SSSR count). The maximum absolute atomic E-state index is 13.0. The molecule has 8 nitrogen and oxygen atoms in total. The molecular weight excluding hydrogens is 368 g/mol. The molecule has 1 saturated heterocycles. The van der Waals surface area contributed by atoms with Gasteiger partial charge in [0, 0.05) is 18.8 Å². The molecule has 1 aromatic carbocycles. The lowest BCUT2D eigenvalue weighted by molar-refractivity contribution is -0.120. The molecule has 0 bridgehead atoms. The van der Waals surface area contributed by atoms with Crippen LogP contribution in [0.3, 0.4) is 0 Å². The van der Waals surface area contributed by atoms with Gasteiger partial charge in [0.2, 0.25) is 15.9 Å². The lowest BCUT2D eigenvalue weighted by Crippen LogP contribution is -2.43. The third-order valence-electron chi connectivity index (χ3n) is 4.58. The van der Waals surface area contributed by atoms with Crippen LogP contribution in [0.5, 0.6) is 0 Å². The number of hydrogen-bond acceptors (Lipinski definition) is 6. The lowest BCUT2D eigenvalue weighted by Gasteiger charge is -2.31. The van der Waals surface area contributed by atoms with E-state index >= 15 is 0 Å². The average Bonchev–Trinajstić information content (AvgIpc) is 3.01. The minimum absolute atomic E-state index is 0.0743. The molecule has 1 aromatic heterocycles. The van der Waals surface area contributed by atoms with Crippen LogP contribution in [0.1, 0.15) is 29.9 Å². The Hall–Kier alpha value is -2.70. The van der Waals surface area contributed by atoms with Crippen molar-refractivity contribution in [2.75, 3.05) is 18.4 Å². The summed E-state index contributed by atoms with van der Waals surface area (Å²) < 4.78 is 32.2. The van der Waals surface area contributed by atoms with Gasteiger partial charge in [-0.05, 0) is 44.9 Å². The van der Waals surface area contributed by atoms with Crippen molar-refractivity contribution in [1.29, 1.82) is 5.26 Å². The van der Waals surface area contributed by atoms with Gasteiger partial charge >= 0.3 is 0 Å². The fraction of sp³-hybridized carbons (Fsp3) is 0.389. The van der Waals surface area contributed by atoms with Crippen molar-refractivity contribution in [3.63, 3.8) is 0 Å². The summed E-state index contributed by atoms with van der Waals surface area (Å²) in [5.41, 5.74) is 1.27. The molecule has 142 valence electrons. The Kier molecular flexibility index (Phi) is 5.30. The predicted octanol–water partition coefficient (Wildman–Crippen LogP) is 2.20. The van der Waals surface area contributed by atoms with Crippen LogP contribution in [0.25, 0.3) is 0 Å². The zero-order valence-electron chi connectivity index (χ0n) is 15.1. The van der Waals surface area contributed by atoms with Gasteiger partial charge in [-0.15, -0.1) is 0 Å². The molecule has 2 heterocycles. The van der Waals surface area contributed by atoms with E-state index < -0.39 is 15.9 Å². The first-order chi connectivity index (χ1) is 12.8. The Morgan fingerprint density at radius 3 is 2.85 bits per heavy atom. The third kappa shape index (κ3) is 3.86. The summed E-state index contributed by atoms with van der Waals surface area (Å²) in [5, 5.41) is 15.4. The second-order valence-electron chi connectivity index (χ2n) is 6.54. The molecule has 2 aromatic rings. The molecule has 0 saturated carbocycles. The molecule has 27 heavy (non-hydrogen) atoms. The number of aromatic nitrogens is 1. The van der Waals surface area contributed by atoms with Crippen LogP contribution in [0.4, 0.5) is 5.69 Å². The van der Waals surface area contributed by atoms with Crippen LogP contribution in [-0.2, 0) is 14.8 Å². The molecule has 1 amide bonds. The van der Waals surface area contributed by atoms with Crippen LogP contribution in [0.2, 0.25) is 0 Å². The number of carbonyl (C=O) groups excluding carboxylic acids is 1. The molecule has 0 spiro atoms. The van der Waals surface area contributed by atoms with E-state index in [0.717, 1.165) is 0 Å². The first-order valence-corrected chi connectivity index (χ1v) is 10.0. The molecule has 1 fully saturated rings. The van der Waals surface area contributed by atoms with Gasteiger partial charge in [0.05, 0.1) is 17.6 Å². The van der Waals surface area contributed by atoms with Crippen LogP contribution in [0, 0.1) is 31.1 Å². The molecule has 1 atom stereocenters. The zero-order valence-corrected chi connectivity index (χ0v) is 15.9. The van der Waals surface area contributed by atoms with E-state index in [0.29, 0.717) is 36.3 Å². The topological polar surface area (TPSA) is 116 Å².